The minimum atomic E-state index is -1.47. The topological polar surface area (TPSA) is 26.0 Å². The molecule has 2 N–H and O–H groups in total. The summed E-state index contributed by atoms with van der Waals surface area (Å²) in [5.74, 6) is 0. The summed E-state index contributed by atoms with van der Waals surface area (Å²) in [5, 5.41) is 3.70. The number of hydrogen-bond donors (Lipinski definition) is 1. The third kappa shape index (κ3) is 1.88. The van der Waals surface area contributed by atoms with E-state index in [1.165, 1.54) is 11.3 Å². The van der Waals surface area contributed by atoms with Crippen molar-refractivity contribution in [2.45, 2.75) is 26.4 Å². The maximum absolute atomic E-state index is 14.7. The van der Waals surface area contributed by atoms with Crippen molar-refractivity contribution in [1.82, 2.24) is 0 Å². The molecular formula is C10H15BrFNS. The summed E-state index contributed by atoms with van der Waals surface area (Å²) in [4.78, 5) is 0. The molecule has 0 amide bonds. The van der Waals surface area contributed by atoms with Gasteiger partial charge in [-0.25, -0.2) is 4.39 Å². The molecule has 0 aliphatic rings. The van der Waals surface area contributed by atoms with Crippen molar-refractivity contribution >= 4 is 27.3 Å². The van der Waals surface area contributed by atoms with Crippen LogP contribution in [-0.2, 0) is 5.67 Å². The van der Waals surface area contributed by atoms with Crippen LogP contribution in [0.15, 0.2) is 15.2 Å². The van der Waals surface area contributed by atoms with Gasteiger partial charge in [-0.3, -0.25) is 0 Å². The van der Waals surface area contributed by atoms with Crippen molar-refractivity contribution in [3.63, 3.8) is 0 Å². The molecule has 1 unspecified atom stereocenters. The average Bonchev–Trinajstić information content (AvgIpc) is 2.48. The highest BCUT2D eigenvalue weighted by Crippen LogP contribution is 2.45. The molecule has 80 valence electrons. The van der Waals surface area contributed by atoms with E-state index < -0.39 is 11.1 Å². The molecule has 1 rings (SSSR count). The van der Waals surface area contributed by atoms with E-state index in [1.54, 1.807) is 0 Å². The molecule has 0 aliphatic carbocycles. The third-order valence-electron chi connectivity index (χ3n) is 2.51. The lowest BCUT2D eigenvalue weighted by atomic mass is 9.74. The summed E-state index contributed by atoms with van der Waals surface area (Å²) in [6.45, 7) is 5.60. The van der Waals surface area contributed by atoms with Crippen LogP contribution in [0.25, 0.3) is 0 Å². The molecular weight excluding hydrogens is 265 g/mol. The van der Waals surface area contributed by atoms with E-state index in [0.29, 0.717) is 5.56 Å². The van der Waals surface area contributed by atoms with E-state index >= 15 is 0 Å². The normalized spacial score (nSPS) is 16.7. The molecule has 0 saturated carbocycles. The van der Waals surface area contributed by atoms with Crippen LogP contribution in [0.4, 0.5) is 4.39 Å². The maximum atomic E-state index is 14.7. The van der Waals surface area contributed by atoms with Gasteiger partial charge in [0, 0.05) is 27.4 Å². The van der Waals surface area contributed by atoms with E-state index in [1.807, 2.05) is 31.5 Å². The first-order chi connectivity index (χ1) is 6.33. The minimum Gasteiger partial charge on any atom is -0.327 e. The van der Waals surface area contributed by atoms with E-state index in [4.69, 9.17) is 5.73 Å². The number of hydrogen-bond acceptors (Lipinski definition) is 2. The molecule has 14 heavy (non-hydrogen) atoms. The predicted octanol–water partition coefficient (Wildman–Crippen LogP) is 3.68. The van der Waals surface area contributed by atoms with Gasteiger partial charge in [0.05, 0.1) is 0 Å². The second-order valence-electron chi connectivity index (χ2n) is 4.39. The van der Waals surface area contributed by atoms with Gasteiger partial charge in [0.2, 0.25) is 0 Å². The van der Waals surface area contributed by atoms with Crippen LogP contribution < -0.4 is 5.73 Å². The number of nitrogens with two attached hydrogens (primary N) is 1. The Morgan fingerprint density at radius 1 is 1.43 bits per heavy atom. The van der Waals surface area contributed by atoms with Crippen molar-refractivity contribution in [2.75, 3.05) is 6.54 Å². The van der Waals surface area contributed by atoms with Crippen LogP contribution in [0.2, 0.25) is 0 Å². The predicted molar refractivity (Wildman–Crippen MR) is 63.3 cm³/mol. The summed E-state index contributed by atoms with van der Waals surface area (Å²) in [6, 6.07) is 0. The summed E-state index contributed by atoms with van der Waals surface area (Å²) >= 11 is 4.83. The molecule has 0 aromatic carbocycles. The Bertz CT molecular complexity index is 318. The molecule has 0 aliphatic heterocycles. The second-order valence-corrected chi connectivity index (χ2v) is 5.99. The zero-order valence-electron chi connectivity index (χ0n) is 8.60. The summed E-state index contributed by atoms with van der Waals surface area (Å²) < 4.78 is 15.5. The van der Waals surface area contributed by atoms with Gasteiger partial charge in [-0.05, 0) is 21.3 Å². The van der Waals surface area contributed by atoms with Gasteiger partial charge in [0.15, 0.2) is 5.67 Å². The Hall–Kier alpha value is 0.0700. The highest BCUT2D eigenvalue weighted by Gasteiger charge is 2.44. The molecule has 0 spiro atoms. The molecule has 1 heterocycles. The fraction of sp³-hybridized carbons (Fsp3) is 0.600. The van der Waals surface area contributed by atoms with Gasteiger partial charge >= 0.3 is 0 Å². The Labute approximate surface area is 96.6 Å². The molecule has 0 radical (unpaired) electrons. The monoisotopic (exact) mass is 279 g/mol. The zero-order chi connectivity index (χ0) is 11.0. The maximum Gasteiger partial charge on any atom is 0.154 e. The van der Waals surface area contributed by atoms with Gasteiger partial charge in [0.1, 0.15) is 0 Å². The Kier molecular flexibility index (Phi) is 3.39. The first-order valence-electron chi connectivity index (χ1n) is 4.44. The minimum absolute atomic E-state index is 0.00579. The third-order valence-corrected chi connectivity index (χ3v) is 4.21. The quantitative estimate of drug-likeness (QED) is 0.878. The van der Waals surface area contributed by atoms with Gasteiger partial charge in [0.25, 0.3) is 0 Å². The largest absolute Gasteiger partial charge is 0.327 e. The molecule has 1 nitrogen and oxygen atoms in total. The Morgan fingerprint density at radius 2 is 2.00 bits per heavy atom. The van der Waals surface area contributed by atoms with E-state index in [0.717, 1.165) is 4.47 Å². The Morgan fingerprint density at radius 3 is 2.29 bits per heavy atom. The first kappa shape index (κ1) is 12.1. The number of alkyl halides is 1. The highest BCUT2D eigenvalue weighted by atomic mass is 79.9. The SMILES string of the molecule is CC(C)(C)C(F)(CN)c1cscc1Br. The van der Waals surface area contributed by atoms with Crippen LogP contribution in [-0.4, -0.2) is 6.54 Å². The molecule has 0 bridgehead atoms. The lowest BCUT2D eigenvalue weighted by Crippen LogP contribution is -2.42. The number of thiophene rings is 1. The average molecular weight is 280 g/mol. The van der Waals surface area contributed by atoms with Crippen LogP contribution in [0.3, 0.4) is 0 Å². The molecule has 1 atom stereocenters. The van der Waals surface area contributed by atoms with Crippen molar-refractivity contribution in [2.24, 2.45) is 11.1 Å². The van der Waals surface area contributed by atoms with Gasteiger partial charge in [-0.1, -0.05) is 20.8 Å². The van der Waals surface area contributed by atoms with Crippen LogP contribution in [0.5, 0.6) is 0 Å². The molecule has 0 saturated heterocycles. The molecule has 1 aromatic heterocycles. The first-order valence-corrected chi connectivity index (χ1v) is 6.17. The number of halogens is 2. The molecule has 4 heteroatoms. The second kappa shape index (κ2) is 3.91. The zero-order valence-corrected chi connectivity index (χ0v) is 11.0. The van der Waals surface area contributed by atoms with E-state index in [2.05, 4.69) is 15.9 Å². The lowest BCUT2D eigenvalue weighted by Gasteiger charge is -2.36. The number of rotatable bonds is 2. The highest BCUT2D eigenvalue weighted by molar-refractivity contribution is 9.10. The van der Waals surface area contributed by atoms with Gasteiger partial charge in [-0.15, -0.1) is 0 Å². The van der Waals surface area contributed by atoms with Crippen molar-refractivity contribution in [3.05, 3.63) is 20.8 Å². The van der Waals surface area contributed by atoms with Gasteiger partial charge in [-0.2, -0.15) is 11.3 Å². The van der Waals surface area contributed by atoms with Crippen molar-refractivity contribution in [3.8, 4) is 0 Å². The summed E-state index contributed by atoms with van der Waals surface area (Å²) in [5.41, 5.74) is 4.27. The van der Waals surface area contributed by atoms with E-state index in [9.17, 15) is 4.39 Å². The van der Waals surface area contributed by atoms with Crippen molar-refractivity contribution in [1.29, 1.82) is 0 Å². The van der Waals surface area contributed by atoms with Crippen molar-refractivity contribution < 1.29 is 4.39 Å². The van der Waals surface area contributed by atoms with Crippen LogP contribution >= 0.6 is 27.3 Å². The molecule has 1 aromatic rings. The summed E-state index contributed by atoms with van der Waals surface area (Å²) in [7, 11) is 0. The van der Waals surface area contributed by atoms with Crippen LogP contribution in [0.1, 0.15) is 26.3 Å². The standard InChI is InChI=1S/C10H15BrFNS/c1-9(2,3)10(12,6-13)7-4-14-5-8(7)11/h4-5H,6,13H2,1-3H3. The molecule has 0 fully saturated rings. The summed E-state index contributed by atoms with van der Waals surface area (Å²) in [6.07, 6.45) is 0. The lowest BCUT2D eigenvalue weighted by molar-refractivity contribution is 0.0341. The van der Waals surface area contributed by atoms with E-state index in [-0.39, 0.29) is 6.54 Å². The smallest absolute Gasteiger partial charge is 0.154 e. The fourth-order valence-corrected chi connectivity index (χ4v) is 3.05. The van der Waals surface area contributed by atoms with Crippen LogP contribution in [0, 0.1) is 5.41 Å². The fourth-order valence-electron chi connectivity index (χ4n) is 1.38. The Balaban J connectivity index is 3.22. The van der Waals surface area contributed by atoms with Gasteiger partial charge < -0.3 is 5.73 Å².